The third-order valence-corrected chi connectivity index (χ3v) is 7.97. The van der Waals surface area contributed by atoms with E-state index in [0.29, 0.717) is 17.1 Å². The highest BCUT2D eigenvalue weighted by atomic mass is 35.5. The van der Waals surface area contributed by atoms with Crippen molar-refractivity contribution in [1.82, 2.24) is 10.2 Å². The molecule has 0 saturated heterocycles. The summed E-state index contributed by atoms with van der Waals surface area (Å²) in [4.78, 5) is 28.9. The van der Waals surface area contributed by atoms with Gasteiger partial charge in [-0.05, 0) is 53.4 Å². The molecule has 0 saturated carbocycles. The number of hydrogen-bond donors (Lipinski definition) is 1. The van der Waals surface area contributed by atoms with Gasteiger partial charge in [0.2, 0.25) is 21.8 Å². The van der Waals surface area contributed by atoms with Crippen molar-refractivity contribution in [2.45, 2.75) is 32.9 Å². The van der Waals surface area contributed by atoms with E-state index in [9.17, 15) is 22.4 Å². The highest BCUT2D eigenvalue weighted by molar-refractivity contribution is 7.92. The van der Waals surface area contributed by atoms with E-state index >= 15 is 0 Å². The van der Waals surface area contributed by atoms with E-state index in [-0.39, 0.29) is 35.5 Å². The van der Waals surface area contributed by atoms with Gasteiger partial charge in [-0.25, -0.2) is 12.8 Å². The molecule has 11 heteroatoms. The fraction of sp³-hybridized carbons (Fsp3) is 0.310. The lowest BCUT2D eigenvalue weighted by Gasteiger charge is -2.33. The molecule has 3 rings (SSSR count). The lowest BCUT2D eigenvalue weighted by Crippen LogP contribution is -2.53. The minimum absolute atomic E-state index is 0.0384. The van der Waals surface area contributed by atoms with Gasteiger partial charge in [-0.2, -0.15) is 0 Å². The van der Waals surface area contributed by atoms with Crippen LogP contribution in [0.15, 0.2) is 72.8 Å². The highest BCUT2D eigenvalue weighted by Gasteiger charge is 2.33. The Morgan fingerprint density at radius 3 is 2.15 bits per heavy atom. The van der Waals surface area contributed by atoms with E-state index in [1.807, 2.05) is 44.2 Å². The number of nitrogens with one attached hydrogen (secondary N) is 1. The third kappa shape index (κ3) is 8.94. The minimum Gasteiger partial charge on any atom is -0.354 e. The molecule has 3 aromatic rings. The van der Waals surface area contributed by atoms with Gasteiger partial charge in [0.15, 0.2) is 0 Å². The Morgan fingerprint density at radius 1 is 0.925 bits per heavy atom. The molecule has 1 atom stereocenters. The molecule has 40 heavy (non-hydrogen) atoms. The Labute approximate surface area is 244 Å². The van der Waals surface area contributed by atoms with Gasteiger partial charge in [0.05, 0.1) is 22.0 Å². The summed E-state index contributed by atoms with van der Waals surface area (Å²) < 4.78 is 39.9. The van der Waals surface area contributed by atoms with E-state index in [1.165, 1.54) is 17.0 Å². The zero-order valence-corrected chi connectivity index (χ0v) is 24.8. The van der Waals surface area contributed by atoms with Crippen LogP contribution in [0.25, 0.3) is 0 Å². The smallest absolute Gasteiger partial charge is 0.244 e. The van der Waals surface area contributed by atoms with Gasteiger partial charge in [-0.15, -0.1) is 0 Å². The molecule has 0 aromatic heterocycles. The zero-order chi connectivity index (χ0) is 29.4. The van der Waals surface area contributed by atoms with Crippen LogP contribution in [0, 0.1) is 11.7 Å². The summed E-state index contributed by atoms with van der Waals surface area (Å²) in [5, 5.41) is 3.52. The Kier molecular flexibility index (Phi) is 11.0. The molecule has 0 spiro atoms. The summed E-state index contributed by atoms with van der Waals surface area (Å²) >= 11 is 12.3. The van der Waals surface area contributed by atoms with Crippen LogP contribution >= 0.6 is 23.2 Å². The lowest BCUT2D eigenvalue weighted by molar-refractivity contribution is -0.140. The Morgan fingerprint density at radius 2 is 1.57 bits per heavy atom. The maximum atomic E-state index is 14.0. The molecule has 0 aliphatic carbocycles. The average Bonchev–Trinajstić information content (AvgIpc) is 2.90. The topological polar surface area (TPSA) is 86.8 Å². The minimum atomic E-state index is -3.95. The molecule has 0 radical (unpaired) electrons. The quantitative estimate of drug-likeness (QED) is 0.302. The van der Waals surface area contributed by atoms with Gasteiger partial charge >= 0.3 is 0 Å². The van der Waals surface area contributed by atoms with Crippen molar-refractivity contribution in [2.75, 3.05) is 23.7 Å². The summed E-state index contributed by atoms with van der Waals surface area (Å²) in [5.41, 5.74) is 1.54. The van der Waals surface area contributed by atoms with Crippen LogP contribution in [-0.2, 0) is 32.6 Å². The van der Waals surface area contributed by atoms with Crippen molar-refractivity contribution in [2.24, 2.45) is 5.92 Å². The largest absolute Gasteiger partial charge is 0.354 e. The van der Waals surface area contributed by atoms with Crippen LogP contribution in [0.3, 0.4) is 0 Å². The molecular weight excluding hydrogens is 576 g/mol. The van der Waals surface area contributed by atoms with Crippen LogP contribution in [0.5, 0.6) is 0 Å². The number of benzene rings is 3. The first-order valence-corrected chi connectivity index (χ1v) is 15.2. The first-order valence-electron chi connectivity index (χ1n) is 12.6. The van der Waals surface area contributed by atoms with Gasteiger partial charge in [0, 0.05) is 19.5 Å². The maximum absolute atomic E-state index is 14.0. The number of rotatable bonds is 12. The van der Waals surface area contributed by atoms with Crippen molar-refractivity contribution in [3.05, 3.63) is 99.8 Å². The van der Waals surface area contributed by atoms with Gasteiger partial charge < -0.3 is 10.2 Å². The monoisotopic (exact) mass is 607 g/mol. The lowest BCUT2D eigenvalue weighted by atomic mass is 10.0. The summed E-state index contributed by atoms with van der Waals surface area (Å²) in [6, 6.07) is 17.9. The number of halogens is 3. The molecular formula is C29H32Cl2FN3O4S. The zero-order valence-electron chi connectivity index (χ0n) is 22.5. The second-order valence-corrected chi connectivity index (χ2v) is 12.6. The molecule has 0 aliphatic heterocycles. The van der Waals surface area contributed by atoms with Crippen molar-refractivity contribution in [3.8, 4) is 0 Å². The third-order valence-electron chi connectivity index (χ3n) is 6.09. The molecule has 0 fully saturated rings. The molecule has 3 aromatic carbocycles. The second-order valence-electron chi connectivity index (χ2n) is 9.86. The molecule has 0 heterocycles. The number of anilines is 1. The number of amides is 2. The first-order chi connectivity index (χ1) is 18.8. The fourth-order valence-electron chi connectivity index (χ4n) is 4.03. The van der Waals surface area contributed by atoms with Crippen molar-refractivity contribution in [1.29, 1.82) is 0 Å². The average molecular weight is 609 g/mol. The van der Waals surface area contributed by atoms with Crippen LogP contribution < -0.4 is 9.62 Å². The standard InChI is InChI=1S/C29H32Cl2FN3O4S/c1-20(2)17-33-29(37)27(16-21-7-5-4-6-8-21)34(18-22-9-14-25(30)26(31)15-22)28(36)19-35(40(3,38)39)24-12-10-23(32)11-13-24/h4-15,20,27H,16-19H2,1-3H3,(H,33,37). The maximum Gasteiger partial charge on any atom is 0.244 e. The molecule has 2 amide bonds. The van der Waals surface area contributed by atoms with E-state index < -0.39 is 34.3 Å². The Bertz CT molecular complexity index is 1420. The molecule has 1 unspecified atom stereocenters. The van der Waals surface area contributed by atoms with E-state index in [2.05, 4.69) is 5.32 Å². The summed E-state index contributed by atoms with van der Waals surface area (Å²) in [6.45, 7) is 3.66. The predicted octanol–water partition coefficient (Wildman–Crippen LogP) is 5.31. The van der Waals surface area contributed by atoms with Crippen LogP contribution in [0.4, 0.5) is 10.1 Å². The SMILES string of the molecule is CC(C)CNC(=O)C(Cc1ccccc1)N(Cc1ccc(Cl)c(Cl)c1)C(=O)CN(c1ccc(F)cc1)S(C)(=O)=O. The van der Waals surface area contributed by atoms with Crippen LogP contribution in [-0.4, -0.2) is 50.5 Å². The van der Waals surface area contributed by atoms with Gasteiger partial charge in [-0.3, -0.25) is 13.9 Å². The first kappa shape index (κ1) is 31.4. The number of nitrogens with zero attached hydrogens (tertiary/aromatic N) is 2. The van der Waals surface area contributed by atoms with E-state index in [0.717, 1.165) is 28.3 Å². The fourth-order valence-corrected chi connectivity index (χ4v) is 5.20. The van der Waals surface area contributed by atoms with Crippen LogP contribution in [0.1, 0.15) is 25.0 Å². The molecule has 1 N–H and O–H groups in total. The number of carbonyl (C=O) groups is 2. The Hall–Kier alpha value is -3.14. The molecule has 7 nitrogen and oxygen atoms in total. The number of sulfonamides is 1. The van der Waals surface area contributed by atoms with E-state index in [1.54, 1.807) is 18.2 Å². The van der Waals surface area contributed by atoms with Gasteiger partial charge in [-0.1, -0.05) is 73.4 Å². The molecule has 0 bridgehead atoms. The molecule has 0 aliphatic rings. The number of carbonyl (C=O) groups excluding carboxylic acids is 2. The summed E-state index contributed by atoms with van der Waals surface area (Å²) in [6.07, 6.45) is 1.15. The number of hydrogen-bond acceptors (Lipinski definition) is 4. The van der Waals surface area contributed by atoms with Crippen molar-refractivity contribution in [3.63, 3.8) is 0 Å². The normalized spacial score (nSPS) is 12.2. The van der Waals surface area contributed by atoms with Crippen molar-refractivity contribution < 1.29 is 22.4 Å². The van der Waals surface area contributed by atoms with E-state index in [4.69, 9.17) is 23.2 Å². The van der Waals surface area contributed by atoms with Gasteiger partial charge in [0.1, 0.15) is 18.4 Å². The summed E-state index contributed by atoms with van der Waals surface area (Å²) in [7, 11) is -3.95. The van der Waals surface area contributed by atoms with Crippen molar-refractivity contribution >= 4 is 50.7 Å². The Balaban J connectivity index is 2.06. The molecule has 214 valence electrons. The second kappa shape index (κ2) is 14.0. The van der Waals surface area contributed by atoms with Crippen LogP contribution in [0.2, 0.25) is 10.0 Å². The predicted molar refractivity (Wildman–Crippen MR) is 157 cm³/mol. The highest BCUT2D eigenvalue weighted by Crippen LogP contribution is 2.25. The van der Waals surface area contributed by atoms with Gasteiger partial charge in [0.25, 0.3) is 0 Å². The summed E-state index contributed by atoms with van der Waals surface area (Å²) in [5.74, 6) is -1.38.